The number of nitrogens with one attached hydrogen (secondary N) is 4. The molecule has 3 aliphatic rings. The van der Waals surface area contributed by atoms with E-state index in [2.05, 4.69) is 26.2 Å². The van der Waals surface area contributed by atoms with E-state index >= 15 is 0 Å². The molecule has 5 amide bonds. The summed E-state index contributed by atoms with van der Waals surface area (Å²) in [6.07, 6.45) is 0.0680. The summed E-state index contributed by atoms with van der Waals surface area (Å²) in [5.74, 6) is -1.66. The molecule has 0 unspecified atom stereocenters. The van der Waals surface area contributed by atoms with E-state index in [0.717, 1.165) is 6.54 Å². The van der Waals surface area contributed by atoms with Crippen molar-refractivity contribution in [3.05, 3.63) is 75.9 Å². The normalized spacial score (nSPS) is 16.0. The molecule has 27 heteroatoms. The summed E-state index contributed by atoms with van der Waals surface area (Å²) < 4.78 is 25.2. The number of benzene rings is 3. The maximum absolute atomic E-state index is 14.4. The molecule has 2 fully saturated rings. The largest absolute Gasteiger partial charge is 0.496 e. The monoisotopic (exact) mass is 1180 g/mol. The number of urea groups is 1. The van der Waals surface area contributed by atoms with Crippen molar-refractivity contribution in [3.63, 3.8) is 0 Å². The Hall–Kier alpha value is -7.10. The number of halogens is 2. The average Bonchev–Trinajstić information content (AvgIpc) is 2.93. The highest BCUT2D eigenvalue weighted by atomic mass is 35.5. The minimum Gasteiger partial charge on any atom is -0.496 e. The predicted octanol–water partition coefficient (Wildman–Crippen LogP) is 3.54. The summed E-state index contributed by atoms with van der Waals surface area (Å²) >= 11 is 13.0. The maximum Gasteiger partial charge on any atom is 0.319 e. The lowest BCUT2D eigenvalue weighted by Crippen LogP contribution is -2.55. The lowest BCUT2D eigenvalue weighted by Gasteiger charge is -2.41. The number of fused-ring (bicyclic) bond motifs is 3. The van der Waals surface area contributed by atoms with Gasteiger partial charge in [-0.3, -0.25) is 43.5 Å². The number of carboxylic acids is 2. The van der Waals surface area contributed by atoms with Crippen molar-refractivity contribution in [3.8, 4) is 39.6 Å². The molecule has 3 aliphatic heterocycles. The smallest absolute Gasteiger partial charge is 0.319 e. The van der Waals surface area contributed by atoms with Gasteiger partial charge >= 0.3 is 18.0 Å². The summed E-state index contributed by atoms with van der Waals surface area (Å²) in [7, 11) is 1.55. The van der Waals surface area contributed by atoms with Crippen molar-refractivity contribution in [2.75, 3.05) is 144 Å². The molecule has 0 aliphatic carbocycles. The van der Waals surface area contributed by atoms with Gasteiger partial charge in [0.05, 0.1) is 70.1 Å². The van der Waals surface area contributed by atoms with Crippen LogP contribution in [0.5, 0.6) is 11.5 Å². The van der Waals surface area contributed by atoms with Gasteiger partial charge in [0, 0.05) is 123 Å². The van der Waals surface area contributed by atoms with Crippen LogP contribution in [-0.4, -0.2) is 236 Å². The van der Waals surface area contributed by atoms with Crippen molar-refractivity contribution in [1.29, 1.82) is 0 Å². The third-order valence-electron chi connectivity index (χ3n) is 13.8. The van der Waals surface area contributed by atoms with Crippen LogP contribution in [0.3, 0.4) is 0 Å². The zero-order chi connectivity index (χ0) is 59.3. The standard InChI is InChI=1S/C54H71Cl2N11O12.CH2O2/c1-5-62-13-15-63(17-18-65(33-49(72)73)20-19-64(16-14-62)32-48(70)71)31-47(69)58-12-23-77-22-9-46(68)57-10-11-59-53(75)60-39-8-6-7-36(25-39)41-29-42-45(30-44(41)76-4)79-34-43-50(52(74)66-21-24-78-35-54(66,2)3)61-67(51(42)43)40-27-37(55)26-38(56)28-40;2-1-3/h6-8,25-30H,5,9-24,31-35H2,1-4H3,(H,57,68)(H,58,69)(H,70,71)(H,72,73)(H2,59,60,75);1H,(H,2,3). The van der Waals surface area contributed by atoms with Crippen molar-refractivity contribution in [1.82, 2.24) is 50.2 Å². The Morgan fingerprint density at radius 3 is 1.98 bits per heavy atom. The molecule has 0 bridgehead atoms. The quantitative estimate of drug-likeness (QED) is 0.0464. The number of aromatic nitrogens is 2. The van der Waals surface area contributed by atoms with Crippen LogP contribution in [0.15, 0.2) is 54.6 Å². The molecule has 2 saturated heterocycles. The number of hydrogen-bond acceptors (Lipinski definition) is 16. The lowest BCUT2D eigenvalue weighted by molar-refractivity contribution is -0.140. The Bertz CT molecular complexity index is 2850. The highest BCUT2D eigenvalue weighted by Gasteiger charge is 2.39. The molecular weight excluding hydrogens is 1110 g/mol. The number of amides is 5. The van der Waals surface area contributed by atoms with Gasteiger partial charge in [0.1, 0.15) is 18.1 Å². The van der Waals surface area contributed by atoms with Crippen LogP contribution in [0.2, 0.25) is 10.0 Å². The van der Waals surface area contributed by atoms with Crippen LogP contribution in [0.1, 0.15) is 43.2 Å². The number of likely N-dealkylation sites (N-methyl/N-ethyl adjacent to an activating group) is 1. The average molecular weight is 1180 g/mol. The van der Waals surface area contributed by atoms with Gasteiger partial charge in [0.15, 0.2) is 5.69 Å². The molecule has 25 nitrogen and oxygen atoms in total. The number of methoxy groups -OCH3 is 1. The molecule has 0 atom stereocenters. The van der Waals surface area contributed by atoms with E-state index in [-0.39, 0.29) is 95.4 Å². The number of rotatable bonds is 21. The molecule has 3 aromatic carbocycles. The molecule has 0 spiro atoms. The van der Waals surface area contributed by atoms with Gasteiger partial charge < -0.3 is 65.3 Å². The highest BCUT2D eigenvalue weighted by molar-refractivity contribution is 6.34. The number of carboxylic acid groups (broad SMARTS) is 3. The third-order valence-corrected chi connectivity index (χ3v) is 14.2. The number of ether oxygens (including phenoxy) is 4. The van der Waals surface area contributed by atoms with E-state index < -0.39 is 23.5 Å². The van der Waals surface area contributed by atoms with Gasteiger partial charge in [-0.1, -0.05) is 42.3 Å². The fraction of sp³-hybridized carbons (Fsp3) is 0.491. The summed E-state index contributed by atoms with van der Waals surface area (Å²) in [6.45, 7) is 12.3. The number of carbonyl (C=O) groups excluding carboxylic acids is 4. The van der Waals surface area contributed by atoms with Crippen LogP contribution in [-0.2, 0) is 40.1 Å². The summed E-state index contributed by atoms with van der Waals surface area (Å²) in [4.78, 5) is 93.9. The van der Waals surface area contributed by atoms with Crippen LogP contribution in [0.4, 0.5) is 10.5 Å². The van der Waals surface area contributed by atoms with Gasteiger partial charge in [-0.2, -0.15) is 5.10 Å². The molecular formula is C55H73Cl2N11O14. The Labute approximate surface area is 485 Å². The predicted molar refractivity (Wildman–Crippen MR) is 305 cm³/mol. The Kier molecular flexibility index (Phi) is 24.5. The van der Waals surface area contributed by atoms with Crippen LogP contribution in [0, 0.1) is 0 Å². The van der Waals surface area contributed by atoms with E-state index in [4.69, 9.17) is 57.1 Å². The van der Waals surface area contributed by atoms with Crippen LogP contribution < -0.4 is 30.7 Å². The van der Waals surface area contributed by atoms with Crippen LogP contribution in [0.25, 0.3) is 28.1 Å². The molecule has 82 heavy (non-hydrogen) atoms. The Morgan fingerprint density at radius 1 is 0.756 bits per heavy atom. The molecule has 446 valence electrons. The Balaban J connectivity index is 0.00000352. The first-order valence-electron chi connectivity index (χ1n) is 26.8. The van der Waals surface area contributed by atoms with Gasteiger partial charge in [0.25, 0.3) is 12.4 Å². The lowest BCUT2D eigenvalue weighted by atomic mass is 9.95. The van der Waals surface area contributed by atoms with Gasteiger partial charge in [-0.05, 0) is 62.4 Å². The second-order valence-electron chi connectivity index (χ2n) is 20.1. The molecule has 1 aromatic heterocycles. The summed E-state index contributed by atoms with van der Waals surface area (Å²) in [5, 5.41) is 42.7. The number of anilines is 1. The first kappa shape index (κ1) is 64.1. The van der Waals surface area contributed by atoms with Gasteiger partial charge in [-0.25, -0.2) is 9.48 Å². The third kappa shape index (κ3) is 18.7. The number of morpholine rings is 1. The van der Waals surface area contributed by atoms with Crippen LogP contribution >= 0.6 is 23.2 Å². The molecule has 4 heterocycles. The molecule has 7 N–H and O–H groups in total. The van der Waals surface area contributed by atoms with E-state index in [1.54, 1.807) is 64.1 Å². The second kappa shape index (κ2) is 31.4. The SMILES string of the molecule is CCN1CCN(CC(=O)O)CCN(CC(=O)O)CCN(CC(=O)NCCOCCC(=O)NCCNC(=O)Nc2cccc(-c3cc4c(cc3OC)OCc3c(C(=O)N5CCOCC5(C)C)nn(-c5cc(Cl)cc(Cl)c5)c3-4)c2)CC1.O=CO. The van der Waals surface area contributed by atoms with Gasteiger partial charge in [0.2, 0.25) is 11.8 Å². The fourth-order valence-electron chi connectivity index (χ4n) is 9.60. The molecule has 0 radical (unpaired) electrons. The van der Waals surface area contributed by atoms with E-state index in [0.29, 0.717) is 133 Å². The van der Waals surface area contributed by atoms with Crippen molar-refractivity contribution >= 4 is 71.1 Å². The van der Waals surface area contributed by atoms with Crippen molar-refractivity contribution < 1.29 is 67.8 Å². The number of aliphatic carboxylic acids is 2. The van der Waals surface area contributed by atoms with Gasteiger partial charge in [-0.15, -0.1) is 0 Å². The zero-order valence-electron chi connectivity index (χ0n) is 46.5. The van der Waals surface area contributed by atoms with Crippen molar-refractivity contribution in [2.24, 2.45) is 0 Å². The molecule has 0 saturated carbocycles. The first-order chi connectivity index (χ1) is 39.3. The van der Waals surface area contributed by atoms with Crippen molar-refractivity contribution in [2.45, 2.75) is 39.3 Å². The van der Waals surface area contributed by atoms with E-state index in [1.807, 2.05) is 42.7 Å². The first-order valence-corrected chi connectivity index (χ1v) is 27.6. The van der Waals surface area contributed by atoms with E-state index in [1.165, 1.54) is 0 Å². The summed E-state index contributed by atoms with van der Waals surface area (Å²) in [5.41, 5.74) is 3.91. The second-order valence-corrected chi connectivity index (χ2v) is 20.9. The minimum atomic E-state index is -0.981. The topological polar surface area (TPSA) is 299 Å². The highest BCUT2D eigenvalue weighted by Crippen LogP contribution is 2.47. The number of carbonyl (C=O) groups is 7. The number of hydrogen-bond donors (Lipinski definition) is 7. The molecule has 7 rings (SSSR count). The fourth-order valence-corrected chi connectivity index (χ4v) is 10.1. The zero-order valence-corrected chi connectivity index (χ0v) is 48.1. The molecule has 4 aromatic rings. The minimum absolute atomic E-state index is 0.0604. The van der Waals surface area contributed by atoms with E-state index in [9.17, 15) is 39.0 Å². The maximum atomic E-state index is 14.4. The summed E-state index contributed by atoms with van der Waals surface area (Å²) in [6, 6.07) is 15.5. The Morgan fingerprint density at radius 2 is 1.37 bits per heavy atom. The number of nitrogens with zero attached hydrogens (tertiary/aromatic N) is 7.